The molecule has 1 aromatic carbocycles. The van der Waals surface area contributed by atoms with Gasteiger partial charge in [-0.2, -0.15) is 0 Å². The lowest BCUT2D eigenvalue weighted by molar-refractivity contribution is 0.415. The molecule has 2 aliphatic carbocycles. The molecule has 0 spiro atoms. The number of hydrogen-bond donors (Lipinski definition) is 2. The van der Waals surface area contributed by atoms with Crippen molar-refractivity contribution in [1.29, 1.82) is 0 Å². The first-order chi connectivity index (χ1) is 9.26. The Kier molecular flexibility index (Phi) is 3.32. The fourth-order valence-corrected chi connectivity index (χ4v) is 2.69. The van der Waals surface area contributed by atoms with Gasteiger partial charge < -0.3 is 15.8 Å². The second-order valence-electron chi connectivity index (χ2n) is 5.58. The maximum atomic E-state index is 5.91. The number of benzene rings is 1. The fourth-order valence-electron chi connectivity index (χ4n) is 2.69. The van der Waals surface area contributed by atoms with E-state index in [1.807, 2.05) is 24.3 Å². The zero-order valence-electron chi connectivity index (χ0n) is 11.3. The first kappa shape index (κ1) is 12.3. The van der Waals surface area contributed by atoms with Crippen LogP contribution in [0, 0.1) is 17.8 Å². The zero-order chi connectivity index (χ0) is 13.2. The Morgan fingerprint density at radius 3 is 3.05 bits per heavy atom. The van der Waals surface area contributed by atoms with Crippen molar-refractivity contribution in [2.75, 3.05) is 19.0 Å². The van der Waals surface area contributed by atoms with Gasteiger partial charge in [0, 0.05) is 18.3 Å². The Hall–Kier alpha value is -1.71. The highest BCUT2D eigenvalue weighted by Crippen LogP contribution is 2.54. The van der Waals surface area contributed by atoms with Gasteiger partial charge in [0.1, 0.15) is 5.75 Å². The molecule has 0 unspecified atom stereocenters. The Morgan fingerprint density at radius 2 is 2.32 bits per heavy atom. The van der Waals surface area contributed by atoms with E-state index in [0.717, 1.165) is 35.7 Å². The van der Waals surface area contributed by atoms with Crippen molar-refractivity contribution in [1.82, 2.24) is 0 Å². The third kappa shape index (κ3) is 3.19. The number of nitrogens with zero attached hydrogens (tertiary/aromatic N) is 1. The smallest absolute Gasteiger partial charge is 0.193 e. The van der Waals surface area contributed by atoms with Crippen LogP contribution in [0.1, 0.15) is 19.3 Å². The number of hydrogen-bond acceptors (Lipinski definition) is 2. The van der Waals surface area contributed by atoms with Gasteiger partial charge in [-0.25, -0.2) is 0 Å². The van der Waals surface area contributed by atoms with Crippen LogP contribution < -0.4 is 15.8 Å². The number of methoxy groups -OCH3 is 1. The van der Waals surface area contributed by atoms with Gasteiger partial charge >= 0.3 is 0 Å². The number of anilines is 1. The van der Waals surface area contributed by atoms with Gasteiger partial charge in [-0.15, -0.1) is 0 Å². The second-order valence-corrected chi connectivity index (χ2v) is 5.58. The molecule has 2 saturated carbocycles. The van der Waals surface area contributed by atoms with Gasteiger partial charge in [0.15, 0.2) is 5.96 Å². The first-order valence-corrected chi connectivity index (χ1v) is 6.97. The van der Waals surface area contributed by atoms with E-state index in [4.69, 9.17) is 10.5 Å². The minimum atomic E-state index is 0.495. The minimum Gasteiger partial charge on any atom is -0.497 e. The van der Waals surface area contributed by atoms with Crippen molar-refractivity contribution in [3.8, 4) is 5.75 Å². The van der Waals surface area contributed by atoms with Crippen LogP contribution in [0.4, 0.5) is 5.69 Å². The molecule has 1 aromatic rings. The van der Waals surface area contributed by atoms with Gasteiger partial charge in [0.25, 0.3) is 0 Å². The summed E-state index contributed by atoms with van der Waals surface area (Å²) in [5.74, 6) is 4.03. The molecule has 102 valence electrons. The molecule has 19 heavy (non-hydrogen) atoms. The van der Waals surface area contributed by atoms with Crippen LogP contribution >= 0.6 is 0 Å². The number of nitrogens with one attached hydrogen (secondary N) is 1. The van der Waals surface area contributed by atoms with Crippen LogP contribution in [-0.2, 0) is 0 Å². The van der Waals surface area contributed by atoms with E-state index in [-0.39, 0.29) is 0 Å². The van der Waals surface area contributed by atoms with E-state index in [9.17, 15) is 0 Å². The Labute approximate surface area is 114 Å². The van der Waals surface area contributed by atoms with Crippen molar-refractivity contribution in [3.63, 3.8) is 0 Å². The van der Waals surface area contributed by atoms with Crippen LogP contribution in [0.3, 0.4) is 0 Å². The lowest BCUT2D eigenvalue weighted by atomic mass is 10.2. The Bertz CT molecular complexity index is 482. The summed E-state index contributed by atoms with van der Waals surface area (Å²) >= 11 is 0. The minimum absolute atomic E-state index is 0.495. The highest BCUT2D eigenvalue weighted by molar-refractivity contribution is 5.92. The number of nitrogens with two attached hydrogens (primary N) is 1. The zero-order valence-corrected chi connectivity index (χ0v) is 11.3. The third-order valence-electron chi connectivity index (χ3n) is 4.04. The summed E-state index contributed by atoms with van der Waals surface area (Å²) in [6, 6.07) is 7.70. The third-order valence-corrected chi connectivity index (χ3v) is 4.04. The highest BCUT2D eigenvalue weighted by atomic mass is 16.5. The summed E-state index contributed by atoms with van der Waals surface area (Å²) in [7, 11) is 1.65. The number of aliphatic imine (C=N–C) groups is 1. The average molecular weight is 259 g/mol. The van der Waals surface area contributed by atoms with Crippen molar-refractivity contribution < 1.29 is 4.74 Å². The number of guanidine groups is 1. The molecule has 3 rings (SSSR count). The van der Waals surface area contributed by atoms with Crippen LogP contribution in [-0.4, -0.2) is 19.6 Å². The largest absolute Gasteiger partial charge is 0.497 e. The van der Waals surface area contributed by atoms with Gasteiger partial charge in [-0.05, 0) is 49.1 Å². The molecule has 0 aromatic heterocycles. The summed E-state index contributed by atoms with van der Waals surface area (Å²) in [4.78, 5) is 4.44. The quantitative estimate of drug-likeness (QED) is 0.631. The molecule has 2 fully saturated rings. The van der Waals surface area contributed by atoms with E-state index in [1.165, 1.54) is 19.3 Å². The fraction of sp³-hybridized carbons (Fsp3) is 0.533. The van der Waals surface area contributed by atoms with Crippen LogP contribution in [0.15, 0.2) is 29.3 Å². The topological polar surface area (TPSA) is 59.6 Å². The first-order valence-electron chi connectivity index (χ1n) is 6.97. The lowest BCUT2D eigenvalue weighted by Crippen LogP contribution is -2.23. The molecule has 0 saturated heterocycles. The molecule has 0 heterocycles. The predicted molar refractivity (Wildman–Crippen MR) is 77.4 cm³/mol. The molecule has 2 atom stereocenters. The summed E-state index contributed by atoms with van der Waals surface area (Å²) in [5.41, 5.74) is 6.82. The highest BCUT2D eigenvalue weighted by Gasteiger charge is 2.46. The molecule has 4 nitrogen and oxygen atoms in total. The summed E-state index contributed by atoms with van der Waals surface area (Å²) in [5, 5.41) is 3.11. The molecule has 4 heteroatoms. The van der Waals surface area contributed by atoms with E-state index in [1.54, 1.807) is 7.11 Å². The molecule has 0 radical (unpaired) electrons. The van der Waals surface area contributed by atoms with Crippen molar-refractivity contribution in [2.45, 2.75) is 19.3 Å². The molecular formula is C15H21N3O. The maximum absolute atomic E-state index is 5.91. The molecule has 0 bridgehead atoms. The normalized spacial score (nSPS) is 26.1. The molecule has 3 N–H and O–H groups in total. The summed E-state index contributed by atoms with van der Waals surface area (Å²) in [6.07, 6.45) is 4.21. The number of ether oxygens (including phenoxy) is 1. The van der Waals surface area contributed by atoms with Crippen molar-refractivity contribution in [2.24, 2.45) is 28.5 Å². The monoisotopic (exact) mass is 259 g/mol. The molecule has 0 amide bonds. The van der Waals surface area contributed by atoms with Crippen LogP contribution in [0.5, 0.6) is 5.75 Å². The average Bonchev–Trinajstić information content (AvgIpc) is 3.27. The SMILES string of the molecule is COc1cccc(NC(N)=NC[C@@H]2C[C@H]2C2CC2)c1. The van der Waals surface area contributed by atoms with E-state index in [0.29, 0.717) is 5.96 Å². The van der Waals surface area contributed by atoms with Gasteiger partial charge in [0.05, 0.1) is 7.11 Å². The standard InChI is InChI=1S/C15H21N3O/c1-19-13-4-2-3-12(8-13)18-15(16)17-9-11-7-14(11)10-5-6-10/h2-4,8,10-11,14H,5-7,9H2,1H3,(H3,16,17,18)/t11-,14-/m0/s1. The van der Waals surface area contributed by atoms with E-state index in [2.05, 4.69) is 10.3 Å². The van der Waals surface area contributed by atoms with E-state index >= 15 is 0 Å². The molecule has 0 aliphatic heterocycles. The Balaban J connectivity index is 1.50. The summed E-state index contributed by atoms with van der Waals surface area (Å²) in [6.45, 7) is 0.865. The van der Waals surface area contributed by atoms with Gasteiger partial charge in [-0.3, -0.25) is 4.99 Å². The second kappa shape index (κ2) is 5.11. The van der Waals surface area contributed by atoms with Gasteiger partial charge in [-0.1, -0.05) is 6.07 Å². The van der Waals surface area contributed by atoms with Gasteiger partial charge in [0.2, 0.25) is 0 Å². The van der Waals surface area contributed by atoms with Crippen molar-refractivity contribution in [3.05, 3.63) is 24.3 Å². The predicted octanol–water partition coefficient (Wildman–Crippen LogP) is 2.47. The van der Waals surface area contributed by atoms with Crippen molar-refractivity contribution >= 4 is 11.6 Å². The number of rotatable bonds is 5. The Morgan fingerprint density at radius 1 is 1.47 bits per heavy atom. The maximum Gasteiger partial charge on any atom is 0.193 e. The molecule has 2 aliphatic rings. The lowest BCUT2D eigenvalue weighted by Gasteiger charge is -2.07. The summed E-state index contributed by atoms with van der Waals surface area (Å²) < 4.78 is 5.17. The van der Waals surface area contributed by atoms with Crippen LogP contribution in [0.2, 0.25) is 0 Å². The van der Waals surface area contributed by atoms with Crippen LogP contribution in [0.25, 0.3) is 0 Å². The van der Waals surface area contributed by atoms with E-state index < -0.39 is 0 Å². The molecular weight excluding hydrogens is 238 g/mol.